The zero-order valence-electron chi connectivity index (χ0n) is 16.0. The molecule has 2 aromatic carbocycles. The molecule has 0 N–H and O–H groups in total. The summed E-state index contributed by atoms with van der Waals surface area (Å²) in [6, 6.07) is 17.3. The van der Waals surface area contributed by atoms with Crippen molar-refractivity contribution in [1.29, 1.82) is 0 Å². The van der Waals surface area contributed by atoms with Crippen LogP contribution in [0.4, 0.5) is 5.13 Å². The Labute approximate surface area is 180 Å². The van der Waals surface area contributed by atoms with Crippen molar-refractivity contribution in [3.05, 3.63) is 77.6 Å². The van der Waals surface area contributed by atoms with Crippen molar-refractivity contribution in [3.8, 4) is 5.75 Å². The van der Waals surface area contributed by atoms with Gasteiger partial charge in [0.1, 0.15) is 5.75 Å². The number of hydrogen-bond donors (Lipinski definition) is 0. The van der Waals surface area contributed by atoms with Crippen molar-refractivity contribution in [1.82, 2.24) is 15.0 Å². The van der Waals surface area contributed by atoms with E-state index < -0.39 is 0 Å². The Kier molecular flexibility index (Phi) is 4.86. The number of carbonyl (C=O) groups is 1. The molecule has 0 radical (unpaired) electrons. The second-order valence-electron chi connectivity index (χ2n) is 6.57. The maximum absolute atomic E-state index is 13.5. The fourth-order valence-corrected chi connectivity index (χ4v) is 5.02. The highest BCUT2D eigenvalue weighted by molar-refractivity contribution is 7.23. The van der Waals surface area contributed by atoms with E-state index in [-0.39, 0.29) is 5.91 Å². The van der Waals surface area contributed by atoms with Gasteiger partial charge in [-0.05, 0) is 42.0 Å². The molecule has 0 aliphatic rings. The van der Waals surface area contributed by atoms with E-state index in [1.54, 1.807) is 24.4 Å². The number of benzene rings is 2. The summed E-state index contributed by atoms with van der Waals surface area (Å²) in [6.07, 6.45) is 3.47. The normalized spacial score (nSPS) is 11.1. The number of ether oxygens (including phenoxy) is 1. The minimum absolute atomic E-state index is 0.175. The lowest BCUT2D eigenvalue weighted by Crippen LogP contribution is -2.30. The summed E-state index contributed by atoms with van der Waals surface area (Å²) in [5, 5.41) is 1.06. The van der Waals surface area contributed by atoms with Crippen LogP contribution >= 0.6 is 22.7 Å². The number of carbonyl (C=O) groups excluding carboxylic acids is 1. The molecule has 0 atom stereocenters. The molecular weight excluding hydrogens is 416 g/mol. The Morgan fingerprint density at radius 1 is 1.00 bits per heavy atom. The predicted molar refractivity (Wildman–Crippen MR) is 121 cm³/mol. The highest BCUT2D eigenvalue weighted by atomic mass is 32.1. The first-order valence-corrected chi connectivity index (χ1v) is 10.9. The Hall–Kier alpha value is -3.36. The minimum Gasteiger partial charge on any atom is -0.497 e. The lowest BCUT2D eigenvalue weighted by molar-refractivity contribution is 0.0985. The molecule has 0 saturated heterocycles. The zero-order chi connectivity index (χ0) is 20.5. The number of amides is 1. The molecule has 0 fully saturated rings. The molecule has 6 nitrogen and oxygen atoms in total. The molecule has 0 bridgehead atoms. The molecule has 0 unspecified atom stereocenters. The molecule has 30 heavy (non-hydrogen) atoms. The first-order valence-electron chi connectivity index (χ1n) is 9.22. The Morgan fingerprint density at radius 3 is 2.67 bits per heavy atom. The number of methoxy groups -OCH3 is 1. The molecule has 8 heteroatoms. The van der Waals surface area contributed by atoms with Gasteiger partial charge in [-0.3, -0.25) is 14.7 Å². The van der Waals surface area contributed by atoms with Gasteiger partial charge in [-0.25, -0.2) is 9.97 Å². The molecule has 148 valence electrons. The quantitative estimate of drug-likeness (QED) is 0.384. The van der Waals surface area contributed by atoms with E-state index >= 15 is 0 Å². The van der Waals surface area contributed by atoms with Crippen LogP contribution in [0.5, 0.6) is 5.75 Å². The van der Waals surface area contributed by atoms with Gasteiger partial charge in [-0.1, -0.05) is 29.5 Å². The number of anilines is 1. The van der Waals surface area contributed by atoms with Crippen LogP contribution in [-0.2, 0) is 6.54 Å². The Bertz CT molecular complexity index is 1310. The third-order valence-electron chi connectivity index (χ3n) is 4.60. The van der Waals surface area contributed by atoms with Crippen LogP contribution in [0.2, 0.25) is 0 Å². The predicted octanol–water partition coefficient (Wildman–Crippen LogP) is 5.16. The summed E-state index contributed by atoms with van der Waals surface area (Å²) < 4.78 is 7.26. The summed E-state index contributed by atoms with van der Waals surface area (Å²) in [5.74, 6) is 0.583. The molecule has 0 saturated carbocycles. The second-order valence-corrected chi connectivity index (χ2v) is 8.61. The molecule has 0 aliphatic heterocycles. The van der Waals surface area contributed by atoms with Crippen LogP contribution < -0.4 is 9.64 Å². The minimum atomic E-state index is -0.175. The number of pyridine rings is 1. The van der Waals surface area contributed by atoms with E-state index in [0.29, 0.717) is 16.7 Å². The van der Waals surface area contributed by atoms with E-state index in [9.17, 15) is 4.79 Å². The van der Waals surface area contributed by atoms with Crippen LogP contribution in [0.3, 0.4) is 0 Å². The molecule has 5 aromatic rings. The molecule has 5 rings (SSSR count). The second kappa shape index (κ2) is 7.81. The lowest BCUT2D eigenvalue weighted by Gasteiger charge is -2.18. The number of nitrogens with zero attached hydrogens (tertiary/aromatic N) is 4. The number of fused-ring (bicyclic) bond motifs is 2. The van der Waals surface area contributed by atoms with Gasteiger partial charge >= 0.3 is 0 Å². The number of hydrogen-bond acceptors (Lipinski definition) is 7. The molecule has 3 heterocycles. The maximum atomic E-state index is 13.5. The summed E-state index contributed by atoms with van der Waals surface area (Å²) in [5.41, 5.74) is 2.56. The van der Waals surface area contributed by atoms with Gasteiger partial charge in [-0.2, -0.15) is 0 Å². The topological polar surface area (TPSA) is 68.2 Å². The highest BCUT2D eigenvalue weighted by Gasteiger charge is 2.25. The number of thiazole rings is 2. The van der Waals surface area contributed by atoms with Crippen LogP contribution in [-0.4, -0.2) is 28.0 Å². The summed E-state index contributed by atoms with van der Waals surface area (Å²) in [7, 11) is 1.63. The molecule has 0 spiro atoms. The fraction of sp³-hybridized carbons (Fsp3) is 0.0909. The van der Waals surface area contributed by atoms with Crippen LogP contribution in [0.15, 0.2) is 67.0 Å². The van der Waals surface area contributed by atoms with Crippen LogP contribution in [0.25, 0.3) is 20.4 Å². The van der Waals surface area contributed by atoms with E-state index in [1.807, 2.05) is 54.6 Å². The molecule has 1 amide bonds. The summed E-state index contributed by atoms with van der Waals surface area (Å²) in [4.78, 5) is 28.6. The van der Waals surface area contributed by atoms with Crippen molar-refractivity contribution in [2.45, 2.75) is 6.54 Å². The van der Waals surface area contributed by atoms with Crippen molar-refractivity contribution in [2.24, 2.45) is 0 Å². The molecular formula is C22H16N4O2S2. The van der Waals surface area contributed by atoms with Crippen molar-refractivity contribution < 1.29 is 9.53 Å². The standard InChI is InChI=1S/C22H16N4O2S2/c1-28-15-8-9-17-19(11-15)30-22(25-17)26(13-14-5-4-10-23-12-14)21(27)20-24-16-6-2-3-7-18(16)29-20/h2-12H,13H2,1H3. The Morgan fingerprint density at radius 2 is 1.87 bits per heavy atom. The summed E-state index contributed by atoms with van der Waals surface area (Å²) >= 11 is 2.85. The smallest absolute Gasteiger partial charge is 0.289 e. The zero-order valence-corrected chi connectivity index (χ0v) is 17.6. The van der Waals surface area contributed by atoms with Gasteiger partial charge in [0.15, 0.2) is 10.1 Å². The largest absolute Gasteiger partial charge is 0.497 e. The molecule has 0 aliphatic carbocycles. The average Bonchev–Trinajstić information content (AvgIpc) is 3.41. The van der Waals surface area contributed by atoms with Gasteiger partial charge in [0.25, 0.3) is 5.91 Å². The first kappa shape index (κ1) is 18.7. The fourth-order valence-electron chi connectivity index (χ4n) is 3.11. The lowest BCUT2D eigenvalue weighted by atomic mass is 10.2. The number of rotatable bonds is 5. The third kappa shape index (κ3) is 3.51. The Balaban J connectivity index is 1.58. The number of aromatic nitrogens is 3. The van der Waals surface area contributed by atoms with E-state index in [2.05, 4.69) is 9.97 Å². The van der Waals surface area contributed by atoms with Crippen molar-refractivity contribution in [3.63, 3.8) is 0 Å². The van der Waals surface area contributed by atoms with Gasteiger partial charge in [0.05, 0.1) is 34.1 Å². The third-order valence-corrected chi connectivity index (χ3v) is 6.67. The first-order chi connectivity index (χ1) is 14.7. The average molecular weight is 433 g/mol. The van der Waals surface area contributed by atoms with Gasteiger partial charge in [0.2, 0.25) is 0 Å². The summed E-state index contributed by atoms with van der Waals surface area (Å²) in [6.45, 7) is 0.361. The maximum Gasteiger partial charge on any atom is 0.289 e. The van der Waals surface area contributed by atoms with E-state index in [0.717, 1.165) is 31.7 Å². The van der Waals surface area contributed by atoms with Gasteiger partial charge in [-0.15, -0.1) is 11.3 Å². The van der Waals surface area contributed by atoms with Crippen LogP contribution in [0.1, 0.15) is 15.4 Å². The van der Waals surface area contributed by atoms with E-state index in [4.69, 9.17) is 9.72 Å². The van der Waals surface area contributed by atoms with Crippen molar-refractivity contribution in [2.75, 3.05) is 12.0 Å². The number of para-hydroxylation sites is 1. The van der Waals surface area contributed by atoms with Gasteiger partial charge < -0.3 is 4.74 Å². The molecule has 3 aromatic heterocycles. The van der Waals surface area contributed by atoms with Crippen molar-refractivity contribution >= 4 is 54.1 Å². The van der Waals surface area contributed by atoms with E-state index in [1.165, 1.54) is 22.7 Å². The highest BCUT2D eigenvalue weighted by Crippen LogP contribution is 2.34. The SMILES string of the molecule is COc1ccc2nc(N(Cc3cccnc3)C(=O)c3nc4ccccc4s3)sc2c1. The van der Waals surface area contributed by atoms with Crippen LogP contribution in [0, 0.1) is 0 Å². The monoisotopic (exact) mass is 432 g/mol. The van der Waals surface area contributed by atoms with Gasteiger partial charge in [0, 0.05) is 12.4 Å².